The number of nitrogens with one attached hydrogen (secondary N) is 1. The van der Waals surface area contributed by atoms with Crippen LogP contribution in [0.25, 0.3) is 5.82 Å². The lowest BCUT2D eigenvalue weighted by Crippen LogP contribution is -2.36. The van der Waals surface area contributed by atoms with Crippen molar-refractivity contribution in [3.05, 3.63) is 65.4 Å². The number of rotatable bonds is 5. The van der Waals surface area contributed by atoms with Gasteiger partial charge in [-0.2, -0.15) is 36.1 Å². The SMILES string of the molecule is CC(NC(=O)c1cc(C(F)(F)F)cc(C(F)(F)F)c1)c1ncnn1-c1ccc(N2CCOCC2)cn1. The van der Waals surface area contributed by atoms with Gasteiger partial charge in [-0.25, -0.2) is 9.97 Å². The molecule has 1 N–H and O–H groups in total. The summed E-state index contributed by atoms with van der Waals surface area (Å²) in [5.74, 6) is -0.596. The van der Waals surface area contributed by atoms with Gasteiger partial charge in [-0.3, -0.25) is 4.79 Å². The molecule has 1 fully saturated rings. The van der Waals surface area contributed by atoms with Crippen molar-refractivity contribution in [3.63, 3.8) is 0 Å². The maximum atomic E-state index is 13.1. The fraction of sp³-hybridized carbons (Fsp3) is 0.364. The molecule has 3 heterocycles. The van der Waals surface area contributed by atoms with E-state index in [2.05, 4.69) is 25.3 Å². The highest BCUT2D eigenvalue weighted by Crippen LogP contribution is 2.36. The van der Waals surface area contributed by atoms with E-state index < -0.39 is 41.0 Å². The number of aromatic nitrogens is 4. The Balaban J connectivity index is 1.55. The zero-order valence-corrected chi connectivity index (χ0v) is 18.8. The molecule has 36 heavy (non-hydrogen) atoms. The number of pyridine rings is 1. The van der Waals surface area contributed by atoms with Gasteiger partial charge >= 0.3 is 12.4 Å². The van der Waals surface area contributed by atoms with E-state index in [4.69, 9.17) is 4.74 Å². The highest BCUT2D eigenvalue weighted by Gasteiger charge is 2.37. The van der Waals surface area contributed by atoms with Gasteiger partial charge in [0.05, 0.1) is 42.3 Å². The summed E-state index contributed by atoms with van der Waals surface area (Å²) in [7, 11) is 0. The summed E-state index contributed by atoms with van der Waals surface area (Å²) >= 11 is 0. The van der Waals surface area contributed by atoms with Crippen LogP contribution in [0, 0.1) is 0 Å². The van der Waals surface area contributed by atoms with Crippen molar-refractivity contribution < 1.29 is 35.9 Å². The lowest BCUT2D eigenvalue weighted by molar-refractivity contribution is -0.143. The Bertz CT molecular complexity index is 1190. The largest absolute Gasteiger partial charge is 0.416 e. The van der Waals surface area contributed by atoms with Gasteiger partial charge in [0.25, 0.3) is 5.91 Å². The molecular weight excluding hydrogens is 494 g/mol. The fourth-order valence-electron chi connectivity index (χ4n) is 3.66. The van der Waals surface area contributed by atoms with Gasteiger partial charge in [-0.05, 0) is 37.3 Å². The number of morpholine rings is 1. The smallest absolute Gasteiger partial charge is 0.378 e. The number of hydrogen-bond donors (Lipinski definition) is 1. The Morgan fingerprint density at radius 2 is 1.64 bits per heavy atom. The Hall–Kier alpha value is -3.68. The van der Waals surface area contributed by atoms with Gasteiger partial charge in [-0.1, -0.05) is 0 Å². The van der Waals surface area contributed by atoms with Crippen LogP contribution in [0.2, 0.25) is 0 Å². The van der Waals surface area contributed by atoms with Crippen LogP contribution in [-0.2, 0) is 17.1 Å². The van der Waals surface area contributed by atoms with Crippen molar-refractivity contribution >= 4 is 11.6 Å². The zero-order valence-electron chi connectivity index (χ0n) is 18.8. The summed E-state index contributed by atoms with van der Waals surface area (Å²) < 4.78 is 85.5. The predicted octanol–water partition coefficient (Wildman–Crippen LogP) is 4.03. The summed E-state index contributed by atoms with van der Waals surface area (Å²) in [6, 6.07) is 3.28. The monoisotopic (exact) mass is 514 g/mol. The van der Waals surface area contributed by atoms with Crippen molar-refractivity contribution in [2.75, 3.05) is 31.2 Å². The molecular formula is C22H20F6N6O2. The first-order valence-corrected chi connectivity index (χ1v) is 10.7. The van der Waals surface area contributed by atoms with Crippen LogP contribution in [0.1, 0.15) is 40.3 Å². The molecule has 14 heteroatoms. The first-order valence-electron chi connectivity index (χ1n) is 10.7. The second kappa shape index (κ2) is 9.76. The lowest BCUT2D eigenvalue weighted by Gasteiger charge is -2.28. The minimum absolute atomic E-state index is 0.0386. The van der Waals surface area contributed by atoms with E-state index in [0.717, 1.165) is 5.69 Å². The summed E-state index contributed by atoms with van der Waals surface area (Å²) in [6.07, 6.45) is -7.31. The van der Waals surface area contributed by atoms with Crippen molar-refractivity contribution in [1.29, 1.82) is 0 Å². The number of ether oxygens (including phenoxy) is 1. The normalized spacial score (nSPS) is 15.6. The van der Waals surface area contributed by atoms with Crippen molar-refractivity contribution in [2.24, 2.45) is 0 Å². The molecule has 0 saturated carbocycles. The van der Waals surface area contributed by atoms with Crippen molar-refractivity contribution in [3.8, 4) is 5.82 Å². The van der Waals surface area contributed by atoms with E-state index in [9.17, 15) is 31.1 Å². The van der Waals surface area contributed by atoms with Gasteiger partial charge in [0.2, 0.25) is 0 Å². The number of nitrogens with zero attached hydrogens (tertiary/aromatic N) is 5. The molecule has 1 unspecified atom stereocenters. The summed E-state index contributed by atoms with van der Waals surface area (Å²) in [4.78, 5) is 23.2. The molecule has 3 aromatic rings. The number of alkyl halides is 6. The number of hydrogen-bond acceptors (Lipinski definition) is 6. The summed E-state index contributed by atoms with van der Waals surface area (Å²) in [5, 5.41) is 6.47. The summed E-state index contributed by atoms with van der Waals surface area (Å²) in [5.41, 5.74) is -3.08. The van der Waals surface area contributed by atoms with Crippen LogP contribution in [-0.4, -0.2) is 52.0 Å². The molecule has 2 aromatic heterocycles. The maximum Gasteiger partial charge on any atom is 0.416 e. The van der Waals surface area contributed by atoms with Crippen LogP contribution in [0.15, 0.2) is 42.9 Å². The molecule has 0 aliphatic carbocycles. The second-order valence-electron chi connectivity index (χ2n) is 7.99. The van der Waals surface area contributed by atoms with E-state index in [1.807, 2.05) is 6.07 Å². The van der Waals surface area contributed by atoms with Crippen LogP contribution >= 0.6 is 0 Å². The zero-order chi connectivity index (χ0) is 26.1. The summed E-state index contributed by atoms with van der Waals surface area (Å²) in [6.45, 7) is 4.10. The van der Waals surface area contributed by atoms with Gasteiger partial charge in [0, 0.05) is 18.7 Å². The highest BCUT2D eigenvalue weighted by molar-refractivity contribution is 5.94. The van der Waals surface area contributed by atoms with Gasteiger partial charge in [0.15, 0.2) is 11.6 Å². The van der Waals surface area contributed by atoms with Crippen LogP contribution in [0.3, 0.4) is 0 Å². The molecule has 1 atom stereocenters. The third-order valence-corrected chi connectivity index (χ3v) is 5.48. The average molecular weight is 514 g/mol. The third-order valence-electron chi connectivity index (χ3n) is 5.48. The molecule has 192 valence electrons. The first kappa shape index (κ1) is 25.4. The maximum absolute atomic E-state index is 13.1. The molecule has 1 saturated heterocycles. The molecule has 4 rings (SSSR count). The number of carbonyl (C=O) groups is 1. The van der Waals surface area contributed by atoms with E-state index in [1.165, 1.54) is 17.9 Å². The molecule has 1 amide bonds. The van der Waals surface area contributed by atoms with Crippen molar-refractivity contribution in [1.82, 2.24) is 25.1 Å². The van der Waals surface area contributed by atoms with Gasteiger partial charge < -0.3 is 15.0 Å². The second-order valence-corrected chi connectivity index (χ2v) is 7.99. The fourth-order valence-corrected chi connectivity index (χ4v) is 3.66. The minimum atomic E-state index is -5.07. The predicted molar refractivity (Wildman–Crippen MR) is 115 cm³/mol. The van der Waals surface area contributed by atoms with Crippen LogP contribution in [0.5, 0.6) is 0 Å². The number of anilines is 1. The minimum Gasteiger partial charge on any atom is -0.378 e. The number of carbonyl (C=O) groups excluding carboxylic acids is 1. The van der Waals surface area contributed by atoms with E-state index in [0.29, 0.717) is 44.3 Å². The standard InChI is InChI=1S/C22H20F6N6O2/c1-13(32-20(35)14-8-15(21(23,24)25)10-16(9-14)22(26,27)28)19-30-12-31-34(19)18-3-2-17(11-29-18)33-4-6-36-7-5-33/h2-3,8-13H,4-7H2,1H3,(H,32,35). The molecule has 8 nitrogen and oxygen atoms in total. The van der Waals surface area contributed by atoms with E-state index in [-0.39, 0.29) is 11.9 Å². The Labute approximate surface area is 200 Å². The number of amides is 1. The Kier molecular flexibility index (Phi) is 6.89. The number of halogens is 6. The first-order chi connectivity index (χ1) is 16.9. The third kappa shape index (κ3) is 5.58. The molecule has 0 spiro atoms. The molecule has 0 radical (unpaired) electrons. The molecule has 1 aliphatic rings. The Morgan fingerprint density at radius 3 is 2.19 bits per heavy atom. The van der Waals surface area contributed by atoms with E-state index in [1.54, 1.807) is 12.3 Å². The van der Waals surface area contributed by atoms with Gasteiger partial charge in [-0.15, -0.1) is 0 Å². The topological polar surface area (TPSA) is 85.2 Å². The molecule has 0 bridgehead atoms. The quantitative estimate of drug-likeness (QED) is 0.518. The number of benzene rings is 1. The lowest BCUT2D eigenvalue weighted by atomic mass is 10.0. The van der Waals surface area contributed by atoms with Crippen molar-refractivity contribution in [2.45, 2.75) is 25.3 Å². The van der Waals surface area contributed by atoms with Crippen LogP contribution < -0.4 is 10.2 Å². The Morgan fingerprint density at radius 1 is 1.00 bits per heavy atom. The average Bonchev–Trinajstić information content (AvgIpc) is 3.33. The van der Waals surface area contributed by atoms with Gasteiger partial charge in [0.1, 0.15) is 6.33 Å². The van der Waals surface area contributed by atoms with Crippen LogP contribution in [0.4, 0.5) is 32.0 Å². The van der Waals surface area contributed by atoms with E-state index >= 15 is 0 Å². The highest BCUT2D eigenvalue weighted by atomic mass is 19.4. The molecule has 1 aliphatic heterocycles. The molecule has 1 aromatic carbocycles.